The predicted octanol–water partition coefficient (Wildman–Crippen LogP) is 11.9. The van der Waals surface area contributed by atoms with E-state index in [1.54, 1.807) is 0 Å². The number of aryl methyl sites for hydroxylation is 2. The fraction of sp³-hybridized carbons (Fsp3) is 0.568. The predicted molar refractivity (Wildman–Crippen MR) is 170 cm³/mol. The Morgan fingerprint density at radius 3 is 1.72 bits per heavy atom. The SMILES string of the molecule is CCCCCCCCc1ccc(C2=C(CC)C(CCCCC)=C(c3cccc(CCCCCC)c3)[N+]2=[N-])cc1. The lowest BCUT2D eigenvalue weighted by atomic mass is 9.93. The summed E-state index contributed by atoms with van der Waals surface area (Å²) in [4.78, 5) is 0. The van der Waals surface area contributed by atoms with Crippen LogP contribution in [0.15, 0.2) is 59.7 Å². The van der Waals surface area contributed by atoms with E-state index < -0.39 is 0 Å². The smallest absolute Gasteiger partial charge is 0.211 e. The molecule has 0 fully saturated rings. The topological polar surface area (TPSA) is 25.3 Å². The zero-order valence-corrected chi connectivity index (χ0v) is 25.5. The van der Waals surface area contributed by atoms with Crippen LogP contribution in [0.1, 0.15) is 146 Å². The first-order chi connectivity index (χ1) is 19.1. The zero-order valence-electron chi connectivity index (χ0n) is 25.5. The van der Waals surface area contributed by atoms with Crippen molar-refractivity contribution in [1.82, 2.24) is 0 Å². The van der Waals surface area contributed by atoms with E-state index in [4.69, 9.17) is 0 Å². The number of allylic oxidation sites excluding steroid dienone is 2. The van der Waals surface area contributed by atoms with Crippen molar-refractivity contribution in [2.75, 3.05) is 0 Å². The van der Waals surface area contributed by atoms with E-state index in [2.05, 4.69) is 76.2 Å². The molecule has 3 rings (SSSR count). The molecular formula is C37H54N2. The molecule has 2 aromatic carbocycles. The van der Waals surface area contributed by atoms with Crippen molar-refractivity contribution in [3.05, 3.63) is 87.5 Å². The lowest BCUT2D eigenvalue weighted by molar-refractivity contribution is -0.345. The largest absolute Gasteiger partial charge is 0.493 e. The molecule has 0 unspecified atom stereocenters. The summed E-state index contributed by atoms with van der Waals surface area (Å²) in [6.07, 6.45) is 20.9. The second-order valence-electron chi connectivity index (χ2n) is 11.5. The third kappa shape index (κ3) is 9.02. The third-order valence-corrected chi connectivity index (χ3v) is 8.31. The van der Waals surface area contributed by atoms with E-state index >= 15 is 0 Å². The monoisotopic (exact) mass is 526 g/mol. The molecule has 0 saturated carbocycles. The van der Waals surface area contributed by atoms with E-state index in [-0.39, 0.29) is 0 Å². The van der Waals surface area contributed by atoms with Crippen LogP contribution in [0, 0.1) is 0 Å². The Kier molecular flexibility index (Phi) is 13.7. The van der Waals surface area contributed by atoms with Crippen molar-refractivity contribution in [2.45, 2.75) is 137 Å². The molecule has 1 heterocycles. The lowest BCUT2D eigenvalue weighted by Crippen LogP contribution is -2.03. The summed E-state index contributed by atoms with van der Waals surface area (Å²) in [7, 11) is 0. The summed E-state index contributed by atoms with van der Waals surface area (Å²) >= 11 is 0. The van der Waals surface area contributed by atoms with Gasteiger partial charge in [-0.15, -0.1) is 0 Å². The summed E-state index contributed by atoms with van der Waals surface area (Å²) in [6, 6.07) is 18.0. The minimum atomic E-state index is 0.924. The molecule has 2 heteroatoms. The zero-order chi connectivity index (χ0) is 27.9. The Bertz CT molecular complexity index is 1090. The molecule has 1 aliphatic rings. The highest BCUT2D eigenvalue weighted by atomic mass is 15.2. The minimum Gasteiger partial charge on any atom is -0.493 e. The Hall–Kier alpha value is -2.48. The van der Waals surface area contributed by atoms with Crippen LogP contribution in [-0.2, 0) is 12.8 Å². The summed E-state index contributed by atoms with van der Waals surface area (Å²) in [5.41, 5.74) is 21.4. The molecule has 0 saturated heterocycles. The second-order valence-corrected chi connectivity index (χ2v) is 11.5. The maximum atomic E-state index is 11.8. The first-order valence-electron chi connectivity index (χ1n) is 16.3. The van der Waals surface area contributed by atoms with Crippen LogP contribution >= 0.6 is 0 Å². The number of unbranched alkanes of at least 4 members (excludes halogenated alkanes) is 10. The molecule has 2 nitrogen and oxygen atoms in total. The van der Waals surface area contributed by atoms with Gasteiger partial charge in [-0.05, 0) is 80.3 Å². The van der Waals surface area contributed by atoms with E-state index in [0.717, 1.165) is 54.6 Å². The molecule has 212 valence electrons. The van der Waals surface area contributed by atoms with Gasteiger partial charge in [0.2, 0.25) is 11.4 Å². The first kappa shape index (κ1) is 31.1. The van der Waals surface area contributed by atoms with Gasteiger partial charge in [0.05, 0.1) is 0 Å². The van der Waals surface area contributed by atoms with E-state index in [9.17, 15) is 5.53 Å². The van der Waals surface area contributed by atoms with Gasteiger partial charge in [0, 0.05) is 22.3 Å². The molecule has 0 atom stereocenters. The maximum absolute atomic E-state index is 11.8. The summed E-state index contributed by atoms with van der Waals surface area (Å²) in [5.74, 6) is 0. The Balaban J connectivity index is 1.82. The van der Waals surface area contributed by atoms with E-state index in [0.29, 0.717) is 0 Å². The third-order valence-electron chi connectivity index (χ3n) is 8.31. The van der Waals surface area contributed by atoms with Crippen molar-refractivity contribution < 1.29 is 4.70 Å². The van der Waals surface area contributed by atoms with Crippen LogP contribution in [-0.4, -0.2) is 4.70 Å². The Labute approximate surface area is 240 Å². The lowest BCUT2D eigenvalue weighted by Gasteiger charge is -2.11. The maximum Gasteiger partial charge on any atom is 0.211 e. The summed E-state index contributed by atoms with van der Waals surface area (Å²) in [5, 5.41) is 0. The summed E-state index contributed by atoms with van der Waals surface area (Å²) in [6.45, 7) is 9.04. The average Bonchev–Trinajstić information content (AvgIpc) is 3.24. The van der Waals surface area contributed by atoms with Gasteiger partial charge < -0.3 is 5.53 Å². The standard InChI is InChI=1S/C37H54N2/c1-5-9-12-14-15-18-20-30-25-27-32(28-26-30)36-34(8-4)35(24-16-11-7-3)37(39(36)38)33-23-19-22-31(29-33)21-17-13-10-6-2/h19,22-23,25-29H,5-18,20-21,24H2,1-4H3. The average molecular weight is 527 g/mol. The molecule has 2 aromatic rings. The van der Waals surface area contributed by atoms with E-state index in [1.807, 2.05) is 0 Å². The van der Waals surface area contributed by atoms with Crippen molar-refractivity contribution in [3.8, 4) is 0 Å². The first-order valence-corrected chi connectivity index (χ1v) is 16.3. The highest BCUT2D eigenvalue weighted by molar-refractivity contribution is 5.82. The van der Waals surface area contributed by atoms with E-state index in [1.165, 1.54) is 104 Å². The number of hydrogen-bond acceptors (Lipinski definition) is 0. The molecule has 1 aliphatic heterocycles. The molecule has 0 radical (unpaired) electrons. The van der Waals surface area contributed by atoms with Crippen LogP contribution in [0.3, 0.4) is 0 Å². The molecule has 39 heavy (non-hydrogen) atoms. The van der Waals surface area contributed by atoms with Crippen molar-refractivity contribution in [3.63, 3.8) is 0 Å². The number of rotatable bonds is 19. The van der Waals surface area contributed by atoms with Gasteiger partial charge in [-0.1, -0.05) is 116 Å². The van der Waals surface area contributed by atoms with Gasteiger partial charge >= 0.3 is 0 Å². The molecule has 0 aliphatic carbocycles. The molecule has 0 N–H and O–H groups in total. The number of hydrogen-bond donors (Lipinski definition) is 0. The van der Waals surface area contributed by atoms with Crippen LogP contribution in [0.5, 0.6) is 0 Å². The fourth-order valence-corrected chi connectivity index (χ4v) is 6.02. The van der Waals surface area contributed by atoms with Crippen molar-refractivity contribution >= 4 is 11.4 Å². The molecule has 0 amide bonds. The Morgan fingerprint density at radius 2 is 1.05 bits per heavy atom. The van der Waals surface area contributed by atoms with Gasteiger partial charge in [-0.25, -0.2) is 4.70 Å². The second kappa shape index (κ2) is 17.3. The van der Waals surface area contributed by atoms with Crippen molar-refractivity contribution in [1.29, 1.82) is 0 Å². The fourth-order valence-electron chi connectivity index (χ4n) is 6.02. The summed E-state index contributed by atoms with van der Waals surface area (Å²) < 4.78 is 1.53. The molecule has 0 bridgehead atoms. The highest BCUT2D eigenvalue weighted by Gasteiger charge is 2.34. The quantitative estimate of drug-likeness (QED) is 0.128. The van der Waals surface area contributed by atoms with Crippen LogP contribution in [0.4, 0.5) is 0 Å². The van der Waals surface area contributed by atoms with Crippen LogP contribution < -0.4 is 0 Å². The van der Waals surface area contributed by atoms with Gasteiger partial charge in [0.15, 0.2) is 0 Å². The number of benzene rings is 2. The van der Waals surface area contributed by atoms with Crippen LogP contribution in [0.2, 0.25) is 0 Å². The highest BCUT2D eigenvalue weighted by Crippen LogP contribution is 2.44. The Morgan fingerprint density at radius 1 is 0.513 bits per heavy atom. The minimum absolute atomic E-state index is 0.924. The van der Waals surface area contributed by atoms with Crippen molar-refractivity contribution in [2.24, 2.45) is 0 Å². The normalized spacial score (nSPS) is 13.7. The van der Waals surface area contributed by atoms with Gasteiger partial charge in [-0.3, -0.25) is 0 Å². The van der Waals surface area contributed by atoms with Gasteiger partial charge in [-0.2, -0.15) is 0 Å². The molecule has 0 aromatic heterocycles. The molecular weight excluding hydrogens is 472 g/mol. The van der Waals surface area contributed by atoms with Crippen LogP contribution in [0.25, 0.3) is 16.9 Å². The van der Waals surface area contributed by atoms with Gasteiger partial charge in [0.1, 0.15) is 0 Å². The van der Waals surface area contributed by atoms with Gasteiger partial charge in [0.25, 0.3) is 0 Å². The number of nitrogens with zero attached hydrogens (tertiary/aromatic N) is 2. The molecule has 0 spiro atoms.